The summed E-state index contributed by atoms with van der Waals surface area (Å²) in [6.07, 6.45) is 2.49. The quantitative estimate of drug-likeness (QED) is 0.495. The third kappa shape index (κ3) is 6.27. The summed E-state index contributed by atoms with van der Waals surface area (Å²) >= 11 is 0. The van der Waals surface area contributed by atoms with Crippen molar-refractivity contribution in [3.8, 4) is 0 Å². The Morgan fingerprint density at radius 3 is 2.38 bits per heavy atom. The van der Waals surface area contributed by atoms with Gasteiger partial charge in [0.05, 0.1) is 13.7 Å². The fourth-order valence-electron chi connectivity index (χ4n) is 1.17. The monoisotopic (exact) mass is 231 g/mol. The Morgan fingerprint density at radius 1 is 1.19 bits per heavy atom. The maximum absolute atomic E-state index is 11.3. The van der Waals surface area contributed by atoms with E-state index in [9.17, 15) is 9.59 Å². The molecular weight excluding hydrogens is 210 g/mol. The average molecular weight is 231 g/mol. The van der Waals surface area contributed by atoms with Gasteiger partial charge in [-0.15, -0.1) is 0 Å². The number of hydrogen-bond donors (Lipinski definition) is 0. The first kappa shape index (κ1) is 14.7. The van der Waals surface area contributed by atoms with Crippen molar-refractivity contribution in [3.05, 3.63) is 0 Å². The molecule has 0 atom stereocenters. The number of likely N-dealkylation sites (N-methyl/N-ethyl adjacent to an activating group) is 1. The number of ether oxygens (including phenoxy) is 2. The van der Waals surface area contributed by atoms with Crippen LogP contribution in [0.4, 0.5) is 4.79 Å². The van der Waals surface area contributed by atoms with Crippen molar-refractivity contribution in [2.75, 3.05) is 26.8 Å². The van der Waals surface area contributed by atoms with Crippen LogP contribution >= 0.6 is 0 Å². The fraction of sp³-hybridized carbons (Fsp3) is 0.818. The van der Waals surface area contributed by atoms with E-state index in [4.69, 9.17) is 4.74 Å². The van der Waals surface area contributed by atoms with Gasteiger partial charge in [0.1, 0.15) is 6.54 Å². The van der Waals surface area contributed by atoms with Crippen LogP contribution in [0.2, 0.25) is 0 Å². The Balaban J connectivity index is 3.79. The molecule has 0 aromatic rings. The molecule has 0 saturated heterocycles. The van der Waals surface area contributed by atoms with Crippen LogP contribution in [0, 0.1) is 0 Å². The smallest absolute Gasteiger partial charge is 0.410 e. The number of amides is 1. The normalized spacial score (nSPS) is 9.69. The predicted octanol–water partition coefficient (Wildman–Crippen LogP) is 1.81. The topological polar surface area (TPSA) is 55.8 Å². The molecule has 5 heteroatoms. The summed E-state index contributed by atoms with van der Waals surface area (Å²) in [5.74, 6) is -0.386. The van der Waals surface area contributed by atoms with Crippen LogP contribution in [0.15, 0.2) is 0 Å². The molecule has 0 aromatic carbocycles. The van der Waals surface area contributed by atoms with Gasteiger partial charge in [-0.2, -0.15) is 0 Å². The minimum Gasteiger partial charge on any atom is -0.464 e. The zero-order valence-corrected chi connectivity index (χ0v) is 10.3. The summed E-state index contributed by atoms with van der Waals surface area (Å²) in [5.41, 5.74) is 0. The minimum atomic E-state index is -0.506. The third-order valence-electron chi connectivity index (χ3n) is 2.15. The van der Waals surface area contributed by atoms with Gasteiger partial charge < -0.3 is 9.47 Å². The average Bonchev–Trinajstić information content (AvgIpc) is 2.30. The van der Waals surface area contributed by atoms with Gasteiger partial charge >= 0.3 is 12.1 Å². The van der Waals surface area contributed by atoms with Crippen molar-refractivity contribution in [3.63, 3.8) is 0 Å². The molecule has 0 fully saturated rings. The second kappa shape index (κ2) is 9.00. The van der Waals surface area contributed by atoms with Crippen LogP contribution in [0.3, 0.4) is 0 Å². The molecule has 0 heterocycles. The van der Waals surface area contributed by atoms with Crippen molar-refractivity contribution in [2.45, 2.75) is 33.1 Å². The van der Waals surface area contributed by atoms with Gasteiger partial charge in [-0.1, -0.05) is 19.8 Å². The van der Waals surface area contributed by atoms with Crippen molar-refractivity contribution in [1.82, 2.24) is 4.90 Å². The van der Waals surface area contributed by atoms with Gasteiger partial charge in [-0.25, -0.2) is 4.79 Å². The van der Waals surface area contributed by atoms with E-state index >= 15 is 0 Å². The first-order valence-corrected chi connectivity index (χ1v) is 5.64. The summed E-state index contributed by atoms with van der Waals surface area (Å²) in [6.45, 7) is 4.66. The maximum Gasteiger partial charge on any atom is 0.410 e. The number of nitrogens with zero attached hydrogens (tertiary/aromatic N) is 1. The molecule has 1 amide bonds. The lowest BCUT2D eigenvalue weighted by molar-refractivity contribution is -0.144. The van der Waals surface area contributed by atoms with Crippen LogP contribution < -0.4 is 0 Å². The number of carbonyl (C=O) groups is 2. The number of esters is 1. The number of unbranched alkanes of at least 4 members (excludes halogenated alkanes) is 2. The van der Waals surface area contributed by atoms with Crippen LogP contribution in [-0.2, 0) is 14.3 Å². The summed E-state index contributed by atoms with van der Waals surface area (Å²) in [6, 6.07) is 0. The Bertz CT molecular complexity index is 218. The van der Waals surface area contributed by atoms with Gasteiger partial charge in [0.25, 0.3) is 0 Å². The Morgan fingerprint density at radius 2 is 1.88 bits per heavy atom. The molecule has 0 aliphatic rings. The van der Waals surface area contributed by atoms with E-state index in [0.717, 1.165) is 19.3 Å². The molecule has 0 bridgehead atoms. The van der Waals surface area contributed by atoms with E-state index < -0.39 is 6.09 Å². The Hall–Kier alpha value is -1.26. The molecule has 0 spiro atoms. The highest BCUT2D eigenvalue weighted by Crippen LogP contribution is 1.97. The number of hydrogen-bond acceptors (Lipinski definition) is 4. The van der Waals surface area contributed by atoms with E-state index in [1.165, 1.54) is 12.0 Å². The fourth-order valence-corrected chi connectivity index (χ4v) is 1.17. The lowest BCUT2D eigenvalue weighted by Crippen LogP contribution is -2.36. The lowest BCUT2D eigenvalue weighted by atomic mass is 10.3. The molecule has 94 valence electrons. The number of methoxy groups -OCH3 is 1. The summed E-state index contributed by atoms with van der Waals surface area (Å²) in [5, 5.41) is 0. The van der Waals surface area contributed by atoms with Crippen LogP contribution in [-0.4, -0.2) is 43.8 Å². The van der Waals surface area contributed by atoms with E-state index in [1.807, 2.05) is 0 Å². The van der Waals surface area contributed by atoms with Crippen molar-refractivity contribution in [1.29, 1.82) is 0 Å². The highest BCUT2D eigenvalue weighted by Gasteiger charge is 2.16. The van der Waals surface area contributed by atoms with Crippen molar-refractivity contribution >= 4 is 12.1 Å². The second-order valence-electron chi connectivity index (χ2n) is 3.41. The van der Waals surface area contributed by atoms with E-state index in [0.29, 0.717) is 13.2 Å². The number of rotatable bonds is 7. The standard InChI is InChI=1S/C11H21NO4/c1-4-6-7-8-16-10(13)9-12(5-2)11(14)15-3/h4-9H2,1-3H3. The van der Waals surface area contributed by atoms with E-state index in [2.05, 4.69) is 11.7 Å². The van der Waals surface area contributed by atoms with Gasteiger partial charge in [0.2, 0.25) is 0 Å². The third-order valence-corrected chi connectivity index (χ3v) is 2.15. The highest BCUT2D eigenvalue weighted by atomic mass is 16.5. The molecule has 0 aliphatic carbocycles. The van der Waals surface area contributed by atoms with Crippen LogP contribution in [0.25, 0.3) is 0 Å². The predicted molar refractivity (Wildman–Crippen MR) is 60.1 cm³/mol. The Kier molecular flexibility index (Phi) is 8.29. The van der Waals surface area contributed by atoms with E-state index in [1.54, 1.807) is 6.92 Å². The summed E-state index contributed by atoms with van der Waals surface area (Å²) < 4.78 is 9.51. The SMILES string of the molecule is CCCCCOC(=O)CN(CC)C(=O)OC. The molecule has 0 N–H and O–H groups in total. The largest absolute Gasteiger partial charge is 0.464 e. The van der Waals surface area contributed by atoms with Crippen molar-refractivity contribution in [2.24, 2.45) is 0 Å². The maximum atomic E-state index is 11.3. The van der Waals surface area contributed by atoms with Crippen molar-refractivity contribution < 1.29 is 19.1 Å². The molecule has 0 aromatic heterocycles. The van der Waals surface area contributed by atoms with Gasteiger partial charge in [-0.3, -0.25) is 9.69 Å². The van der Waals surface area contributed by atoms with Gasteiger partial charge in [0, 0.05) is 6.54 Å². The molecule has 0 aliphatic heterocycles. The van der Waals surface area contributed by atoms with E-state index in [-0.39, 0.29) is 12.5 Å². The molecule has 5 nitrogen and oxygen atoms in total. The zero-order chi connectivity index (χ0) is 12.4. The molecule has 0 radical (unpaired) electrons. The molecule has 0 saturated carbocycles. The summed E-state index contributed by atoms with van der Waals surface area (Å²) in [7, 11) is 1.29. The molecular formula is C11H21NO4. The summed E-state index contributed by atoms with van der Waals surface area (Å²) in [4.78, 5) is 23.8. The molecule has 16 heavy (non-hydrogen) atoms. The van der Waals surface area contributed by atoms with Crippen LogP contribution in [0.5, 0.6) is 0 Å². The lowest BCUT2D eigenvalue weighted by Gasteiger charge is -2.17. The highest BCUT2D eigenvalue weighted by molar-refractivity contribution is 5.77. The first-order valence-electron chi connectivity index (χ1n) is 5.64. The minimum absolute atomic E-state index is 0.0463. The second-order valence-corrected chi connectivity index (χ2v) is 3.41. The first-order chi connectivity index (χ1) is 7.65. The van der Waals surface area contributed by atoms with Gasteiger partial charge in [0.15, 0.2) is 0 Å². The number of carbonyl (C=O) groups excluding carboxylic acids is 2. The Labute approximate surface area is 96.7 Å². The van der Waals surface area contributed by atoms with Gasteiger partial charge in [-0.05, 0) is 13.3 Å². The zero-order valence-electron chi connectivity index (χ0n) is 10.3. The molecule has 0 rings (SSSR count). The van der Waals surface area contributed by atoms with Crippen LogP contribution in [0.1, 0.15) is 33.1 Å². The molecule has 0 unspecified atom stereocenters.